The molecule has 0 saturated carbocycles. The summed E-state index contributed by atoms with van der Waals surface area (Å²) in [4.78, 5) is 31.0. The van der Waals surface area contributed by atoms with Crippen LogP contribution in [0.1, 0.15) is 66.8 Å². The number of hydrogen-bond donors (Lipinski definition) is 0. The number of nitrogens with zero attached hydrogens (tertiary/aromatic N) is 4. The van der Waals surface area contributed by atoms with Crippen molar-refractivity contribution in [2.75, 3.05) is 4.90 Å². The smallest absolute Gasteiger partial charge is 0.425 e. The van der Waals surface area contributed by atoms with Gasteiger partial charge in [-0.3, -0.25) is 0 Å². The van der Waals surface area contributed by atoms with Crippen LogP contribution in [0.25, 0.3) is 11.1 Å². The van der Waals surface area contributed by atoms with Gasteiger partial charge in [0.2, 0.25) is 0 Å². The van der Waals surface area contributed by atoms with Crippen LogP contribution in [0.5, 0.6) is 0 Å². The number of carbonyl (C=O) groups excluding carboxylic acids is 2. The largest absolute Gasteiger partial charge is 0.443 e. The number of pyridine rings is 1. The summed E-state index contributed by atoms with van der Waals surface area (Å²) in [7, 11) is 0. The molecule has 1 aliphatic heterocycles. The zero-order chi connectivity index (χ0) is 24.8. The van der Waals surface area contributed by atoms with Gasteiger partial charge in [0.15, 0.2) is 0 Å². The van der Waals surface area contributed by atoms with E-state index in [1.807, 2.05) is 10.6 Å². The molecule has 2 aromatic rings. The summed E-state index contributed by atoms with van der Waals surface area (Å²) >= 11 is 0. The SMILES string of the molecule is CC1(C)Cc2c(-c3ccnc(N(C(=O)OC(C)(C)C)C(=O)OC(C)(C)C)c3)cc(C#N)n2C1. The van der Waals surface area contributed by atoms with Crippen molar-refractivity contribution in [3.8, 4) is 17.2 Å². The summed E-state index contributed by atoms with van der Waals surface area (Å²) in [6.45, 7) is 15.4. The van der Waals surface area contributed by atoms with Gasteiger partial charge in [-0.1, -0.05) is 13.8 Å². The van der Waals surface area contributed by atoms with E-state index in [2.05, 4.69) is 24.9 Å². The van der Waals surface area contributed by atoms with Crippen molar-refractivity contribution in [1.29, 1.82) is 5.26 Å². The first-order valence-corrected chi connectivity index (χ1v) is 11.0. The van der Waals surface area contributed by atoms with Crippen LogP contribution in [0.2, 0.25) is 0 Å². The minimum atomic E-state index is -0.873. The molecule has 33 heavy (non-hydrogen) atoms. The second-order valence-electron chi connectivity index (χ2n) is 11.1. The van der Waals surface area contributed by atoms with Gasteiger partial charge in [-0.05, 0) is 77.1 Å². The molecule has 1 aliphatic rings. The van der Waals surface area contributed by atoms with Crippen molar-refractivity contribution in [2.45, 2.75) is 79.6 Å². The predicted octanol–water partition coefficient (Wildman–Crippen LogP) is 5.68. The molecule has 8 heteroatoms. The monoisotopic (exact) mass is 452 g/mol. The maximum Gasteiger partial charge on any atom is 0.425 e. The molecule has 0 fully saturated rings. The molecule has 0 N–H and O–H groups in total. The molecule has 3 heterocycles. The second-order valence-corrected chi connectivity index (χ2v) is 11.1. The van der Waals surface area contributed by atoms with Crippen LogP contribution >= 0.6 is 0 Å². The number of ether oxygens (including phenoxy) is 2. The van der Waals surface area contributed by atoms with Crippen LogP contribution in [0.15, 0.2) is 24.4 Å². The van der Waals surface area contributed by atoms with Gasteiger partial charge in [0.05, 0.1) is 0 Å². The number of imide groups is 1. The van der Waals surface area contributed by atoms with Gasteiger partial charge >= 0.3 is 12.2 Å². The Kier molecular flexibility index (Phi) is 6.05. The summed E-state index contributed by atoms with van der Waals surface area (Å²) in [5, 5.41) is 9.62. The van der Waals surface area contributed by atoms with Gasteiger partial charge in [0, 0.05) is 24.0 Å². The van der Waals surface area contributed by atoms with Gasteiger partial charge in [0.1, 0.15) is 28.8 Å². The van der Waals surface area contributed by atoms with Crippen molar-refractivity contribution in [1.82, 2.24) is 9.55 Å². The van der Waals surface area contributed by atoms with E-state index in [0.717, 1.165) is 34.7 Å². The predicted molar refractivity (Wildman–Crippen MR) is 125 cm³/mol. The number of fused-ring (bicyclic) bond motifs is 1. The molecule has 0 bridgehead atoms. The Morgan fingerprint density at radius 3 is 2.18 bits per heavy atom. The fraction of sp³-hybridized carbons (Fsp3) is 0.520. The van der Waals surface area contributed by atoms with E-state index in [9.17, 15) is 14.9 Å². The maximum atomic E-state index is 13.0. The molecule has 0 aliphatic carbocycles. The number of amides is 2. The average Bonchev–Trinajstić information content (AvgIpc) is 3.11. The molecule has 2 aromatic heterocycles. The Labute approximate surface area is 195 Å². The fourth-order valence-corrected chi connectivity index (χ4v) is 3.82. The Morgan fingerprint density at radius 2 is 1.67 bits per heavy atom. The Bertz CT molecular complexity index is 1100. The van der Waals surface area contributed by atoms with Crippen LogP contribution < -0.4 is 4.90 Å². The molecule has 0 spiro atoms. The third kappa shape index (κ3) is 5.54. The Balaban J connectivity index is 2.07. The molecule has 0 aromatic carbocycles. The number of carbonyl (C=O) groups is 2. The molecule has 0 radical (unpaired) electrons. The lowest BCUT2D eigenvalue weighted by Gasteiger charge is -2.28. The first-order valence-electron chi connectivity index (χ1n) is 11.0. The first kappa shape index (κ1) is 24.3. The van der Waals surface area contributed by atoms with Crippen molar-refractivity contribution in [3.05, 3.63) is 35.8 Å². The van der Waals surface area contributed by atoms with Crippen LogP contribution in [0.4, 0.5) is 15.4 Å². The van der Waals surface area contributed by atoms with Crippen LogP contribution in [0, 0.1) is 16.7 Å². The number of aromatic nitrogens is 2. The minimum absolute atomic E-state index is 0.0336. The normalized spacial score (nSPS) is 14.9. The molecule has 0 atom stereocenters. The molecule has 0 unspecified atom stereocenters. The summed E-state index contributed by atoms with van der Waals surface area (Å²) in [5.41, 5.74) is 1.67. The average molecular weight is 453 g/mol. The van der Waals surface area contributed by atoms with Gasteiger partial charge in [-0.15, -0.1) is 0 Å². The van der Waals surface area contributed by atoms with Crippen molar-refractivity contribution >= 4 is 18.0 Å². The molecule has 0 saturated heterocycles. The minimum Gasteiger partial charge on any atom is -0.443 e. The summed E-state index contributed by atoms with van der Waals surface area (Å²) in [5.74, 6) is 0.0896. The lowest BCUT2D eigenvalue weighted by Crippen LogP contribution is -2.44. The highest BCUT2D eigenvalue weighted by Gasteiger charge is 2.35. The highest BCUT2D eigenvalue weighted by Crippen LogP contribution is 2.40. The Morgan fingerprint density at radius 1 is 1.09 bits per heavy atom. The highest BCUT2D eigenvalue weighted by molar-refractivity contribution is 6.09. The fourth-order valence-electron chi connectivity index (χ4n) is 3.82. The second kappa shape index (κ2) is 8.22. The molecule has 3 rings (SSSR count). The number of nitriles is 1. The van der Waals surface area contributed by atoms with Crippen molar-refractivity contribution in [2.24, 2.45) is 5.41 Å². The highest BCUT2D eigenvalue weighted by atomic mass is 16.6. The van der Waals surface area contributed by atoms with Crippen LogP contribution in [-0.4, -0.2) is 32.9 Å². The zero-order valence-electron chi connectivity index (χ0n) is 20.6. The van der Waals surface area contributed by atoms with E-state index in [0.29, 0.717) is 5.69 Å². The van der Waals surface area contributed by atoms with Crippen molar-refractivity contribution in [3.63, 3.8) is 0 Å². The van der Waals surface area contributed by atoms with E-state index in [1.165, 1.54) is 6.20 Å². The molecule has 8 nitrogen and oxygen atoms in total. The van der Waals surface area contributed by atoms with E-state index in [-0.39, 0.29) is 11.2 Å². The standard InChI is InChI=1S/C25H32N4O4/c1-23(2,3)32-21(30)29(22(31)33-24(4,5)6)20-11-16(9-10-27-20)18-12-17(14-26)28-15-25(7,8)13-19(18)28/h9-12H,13,15H2,1-8H3. The summed E-state index contributed by atoms with van der Waals surface area (Å²) in [6, 6.07) is 7.56. The van der Waals surface area contributed by atoms with E-state index < -0.39 is 23.4 Å². The number of anilines is 1. The van der Waals surface area contributed by atoms with Crippen molar-refractivity contribution < 1.29 is 19.1 Å². The van der Waals surface area contributed by atoms with Gasteiger partial charge < -0.3 is 14.0 Å². The third-order valence-corrected chi connectivity index (χ3v) is 4.99. The number of rotatable bonds is 2. The third-order valence-electron chi connectivity index (χ3n) is 4.99. The number of hydrogen-bond acceptors (Lipinski definition) is 6. The van der Waals surface area contributed by atoms with Gasteiger partial charge in [0.25, 0.3) is 0 Å². The Hall–Kier alpha value is -3.34. The van der Waals surface area contributed by atoms with E-state index >= 15 is 0 Å². The lowest BCUT2D eigenvalue weighted by atomic mass is 9.89. The molecule has 176 valence electrons. The molecular weight excluding hydrogens is 420 g/mol. The maximum absolute atomic E-state index is 13.0. The van der Waals surface area contributed by atoms with E-state index in [1.54, 1.807) is 53.7 Å². The van der Waals surface area contributed by atoms with Crippen LogP contribution in [0.3, 0.4) is 0 Å². The lowest BCUT2D eigenvalue weighted by molar-refractivity contribution is 0.0429. The quantitative estimate of drug-likeness (QED) is 0.581. The molecule has 2 amide bonds. The molecular formula is C25H32N4O4. The summed E-state index contributed by atoms with van der Waals surface area (Å²) in [6.07, 6.45) is 0.594. The first-order chi connectivity index (χ1) is 15.1. The topological polar surface area (TPSA) is 97.5 Å². The zero-order valence-corrected chi connectivity index (χ0v) is 20.6. The van der Waals surface area contributed by atoms with Crippen LogP contribution in [-0.2, 0) is 22.4 Å². The van der Waals surface area contributed by atoms with Gasteiger partial charge in [-0.25, -0.2) is 14.6 Å². The summed E-state index contributed by atoms with van der Waals surface area (Å²) < 4.78 is 13.0. The van der Waals surface area contributed by atoms with E-state index in [4.69, 9.17) is 9.47 Å². The van der Waals surface area contributed by atoms with Gasteiger partial charge in [-0.2, -0.15) is 10.2 Å².